The van der Waals surface area contributed by atoms with Gasteiger partial charge in [-0.3, -0.25) is 9.69 Å². The number of methoxy groups -OCH3 is 1. The van der Waals surface area contributed by atoms with Crippen LogP contribution in [0.5, 0.6) is 5.75 Å². The van der Waals surface area contributed by atoms with Gasteiger partial charge in [-0.05, 0) is 50.9 Å². The van der Waals surface area contributed by atoms with Crippen molar-refractivity contribution in [2.75, 3.05) is 40.3 Å². The minimum absolute atomic E-state index is 0.165. The van der Waals surface area contributed by atoms with Crippen LogP contribution in [0, 0.1) is 0 Å². The summed E-state index contributed by atoms with van der Waals surface area (Å²) in [4.78, 5) is 20.0. The lowest BCUT2D eigenvalue weighted by molar-refractivity contribution is -0.132. The van der Waals surface area contributed by atoms with Crippen LogP contribution in [-0.4, -0.2) is 79.1 Å². The summed E-state index contributed by atoms with van der Waals surface area (Å²) in [6.45, 7) is 3.63. The second-order valence-electron chi connectivity index (χ2n) is 8.23. The molecule has 3 fully saturated rings. The van der Waals surface area contributed by atoms with Crippen LogP contribution in [0.15, 0.2) is 18.2 Å². The fourth-order valence-electron chi connectivity index (χ4n) is 5.18. The van der Waals surface area contributed by atoms with E-state index in [2.05, 4.69) is 16.8 Å². The van der Waals surface area contributed by atoms with Gasteiger partial charge in [-0.1, -0.05) is 11.6 Å². The summed E-state index contributed by atoms with van der Waals surface area (Å²) in [5, 5.41) is 0.639. The number of benzene rings is 1. The highest BCUT2D eigenvalue weighted by Gasteiger charge is 2.41. The predicted molar refractivity (Wildman–Crippen MR) is 107 cm³/mol. The van der Waals surface area contributed by atoms with E-state index in [1.807, 2.05) is 17.0 Å². The van der Waals surface area contributed by atoms with Crippen LogP contribution in [0.3, 0.4) is 0 Å². The first-order valence-corrected chi connectivity index (χ1v) is 10.5. The van der Waals surface area contributed by atoms with Gasteiger partial charge in [0.05, 0.1) is 13.5 Å². The molecular weight excluding hydrogens is 362 g/mol. The van der Waals surface area contributed by atoms with Crippen molar-refractivity contribution in [2.45, 2.75) is 50.2 Å². The van der Waals surface area contributed by atoms with E-state index >= 15 is 0 Å². The monoisotopic (exact) mass is 391 g/mol. The maximum atomic E-state index is 12.8. The zero-order valence-electron chi connectivity index (χ0n) is 16.4. The topological polar surface area (TPSA) is 36.0 Å². The van der Waals surface area contributed by atoms with E-state index < -0.39 is 0 Å². The molecule has 5 nitrogen and oxygen atoms in total. The van der Waals surface area contributed by atoms with Gasteiger partial charge in [0.1, 0.15) is 5.75 Å². The third kappa shape index (κ3) is 3.96. The molecule has 3 aliphatic heterocycles. The van der Waals surface area contributed by atoms with Gasteiger partial charge < -0.3 is 14.5 Å². The molecule has 27 heavy (non-hydrogen) atoms. The third-order valence-electron chi connectivity index (χ3n) is 6.84. The van der Waals surface area contributed by atoms with Crippen LogP contribution in [0.1, 0.15) is 31.2 Å². The molecule has 0 radical (unpaired) electrons. The SMILES string of the molecule is COc1ccc(Cl)cc1CC(=O)N1CCN(C2CC3CCC(C2)N3C)CC1. The van der Waals surface area contributed by atoms with Crippen LogP contribution < -0.4 is 4.74 Å². The number of carbonyl (C=O) groups is 1. The van der Waals surface area contributed by atoms with Crippen LogP contribution in [0.2, 0.25) is 5.02 Å². The van der Waals surface area contributed by atoms with Crippen molar-refractivity contribution in [1.82, 2.24) is 14.7 Å². The molecule has 2 unspecified atom stereocenters. The maximum Gasteiger partial charge on any atom is 0.227 e. The zero-order valence-corrected chi connectivity index (χ0v) is 17.1. The van der Waals surface area contributed by atoms with Crippen molar-refractivity contribution in [3.8, 4) is 5.75 Å². The number of rotatable bonds is 4. The van der Waals surface area contributed by atoms with Gasteiger partial charge in [0.25, 0.3) is 0 Å². The molecule has 3 aliphatic rings. The van der Waals surface area contributed by atoms with Gasteiger partial charge >= 0.3 is 0 Å². The molecule has 0 saturated carbocycles. The molecule has 0 aromatic heterocycles. The summed E-state index contributed by atoms with van der Waals surface area (Å²) >= 11 is 6.10. The molecule has 0 N–H and O–H groups in total. The van der Waals surface area contributed by atoms with Gasteiger partial charge in [-0.25, -0.2) is 0 Å². The largest absolute Gasteiger partial charge is 0.496 e. The summed E-state index contributed by atoms with van der Waals surface area (Å²) in [5.74, 6) is 0.895. The van der Waals surface area contributed by atoms with Crippen molar-refractivity contribution in [2.24, 2.45) is 0 Å². The molecule has 2 atom stereocenters. The zero-order chi connectivity index (χ0) is 19.0. The number of ether oxygens (including phenoxy) is 1. The van der Waals surface area contributed by atoms with Crippen molar-refractivity contribution in [3.05, 3.63) is 28.8 Å². The van der Waals surface area contributed by atoms with Crippen molar-refractivity contribution >= 4 is 17.5 Å². The first kappa shape index (κ1) is 19.0. The Balaban J connectivity index is 1.32. The Bertz CT molecular complexity index is 676. The molecule has 4 rings (SSSR count). The van der Waals surface area contributed by atoms with E-state index in [9.17, 15) is 4.79 Å². The van der Waals surface area contributed by atoms with E-state index in [0.29, 0.717) is 17.5 Å². The summed E-state index contributed by atoms with van der Waals surface area (Å²) in [6, 6.07) is 7.69. The Morgan fingerprint density at radius 1 is 1.11 bits per heavy atom. The molecule has 0 spiro atoms. The van der Waals surface area contributed by atoms with Crippen LogP contribution >= 0.6 is 11.6 Å². The Hall–Kier alpha value is -1.30. The van der Waals surface area contributed by atoms with Gasteiger partial charge in [-0.2, -0.15) is 0 Å². The van der Waals surface area contributed by atoms with E-state index in [-0.39, 0.29) is 5.91 Å². The summed E-state index contributed by atoms with van der Waals surface area (Å²) < 4.78 is 5.38. The highest BCUT2D eigenvalue weighted by Crippen LogP contribution is 2.36. The first-order valence-electron chi connectivity index (χ1n) is 10.1. The number of nitrogens with zero attached hydrogens (tertiary/aromatic N) is 3. The number of fused-ring (bicyclic) bond motifs is 2. The first-order chi connectivity index (χ1) is 13.0. The molecule has 6 heteroatoms. The van der Waals surface area contributed by atoms with Crippen molar-refractivity contribution in [3.63, 3.8) is 0 Å². The molecule has 1 amide bonds. The lowest BCUT2D eigenvalue weighted by atomic mass is 9.96. The van der Waals surface area contributed by atoms with E-state index in [1.54, 1.807) is 13.2 Å². The van der Waals surface area contributed by atoms with Crippen molar-refractivity contribution in [1.29, 1.82) is 0 Å². The molecule has 0 aliphatic carbocycles. The Kier molecular flexibility index (Phi) is 5.62. The minimum Gasteiger partial charge on any atom is -0.496 e. The third-order valence-corrected chi connectivity index (χ3v) is 7.08. The molecule has 3 heterocycles. The predicted octanol–water partition coefficient (Wildman–Crippen LogP) is 2.66. The second kappa shape index (κ2) is 7.98. The number of hydrogen-bond acceptors (Lipinski definition) is 4. The fourth-order valence-corrected chi connectivity index (χ4v) is 5.37. The van der Waals surface area contributed by atoms with Gasteiger partial charge in [-0.15, -0.1) is 0 Å². The number of piperazine rings is 1. The van der Waals surface area contributed by atoms with Crippen molar-refractivity contribution < 1.29 is 9.53 Å². The highest BCUT2D eigenvalue weighted by atomic mass is 35.5. The van der Waals surface area contributed by atoms with Crippen LogP contribution in [-0.2, 0) is 11.2 Å². The number of hydrogen-bond donors (Lipinski definition) is 0. The molecule has 148 valence electrons. The van der Waals surface area contributed by atoms with Gasteiger partial charge in [0, 0.05) is 54.9 Å². The molecule has 1 aromatic rings. The standard InChI is InChI=1S/C21H30ClN3O2/c1-23-17-4-5-18(23)14-19(13-17)24-7-9-25(10-8-24)21(26)12-15-11-16(22)3-6-20(15)27-2/h3,6,11,17-19H,4-5,7-10,12-14H2,1-2H3. The van der Waals surface area contributed by atoms with E-state index in [0.717, 1.165) is 49.6 Å². The quantitative estimate of drug-likeness (QED) is 0.790. The number of amides is 1. The number of piperidine rings is 1. The lowest BCUT2D eigenvalue weighted by Gasteiger charge is -2.45. The van der Waals surface area contributed by atoms with E-state index in [4.69, 9.17) is 16.3 Å². The maximum absolute atomic E-state index is 12.8. The normalized spacial score (nSPS) is 29.1. The average Bonchev–Trinajstić information content (AvgIpc) is 2.89. The van der Waals surface area contributed by atoms with Gasteiger partial charge in [0.2, 0.25) is 5.91 Å². The minimum atomic E-state index is 0.165. The molecular formula is C21H30ClN3O2. The summed E-state index contributed by atoms with van der Waals surface area (Å²) in [7, 11) is 3.92. The Morgan fingerprint density at radius 3 is 2.41 bits per heavy atom. The number of carbonyl (C=O) groups excluding carboxylic acids is 1. The second-order valence-corrected chi connectivity index (χ2v) is 8.66. The molecule has 2 bridgehead atoms. The highest BCUT2D eigenvalue weighted by molar-refractivity contribution is 6.30. The Labute approximate surface area is 167 Å². The summed E-state index contributed by atoms with van der Waals surface area (Å²) in [6.07, 6.45) is 5.65. The average molecular weight is 392 g/mol. The smallest absolute Gasteiger partial charge is 0.227 e. The molecule has 1 aromatic carbocycles. The van der Waals surface area contributed by atoms with E-state index in [1.165, 1.54) is 25.7 Å². The number of halogens is 1. The van der Waals surface area contributed by atoms with Crippen LogP contribution in [0.4, 0.5) is 0 Å². The summed E-state index contributed by atoms with van der Waals surface area (Å²) in [5.41, 5.74) is 0.865. The Morgan fingerprint density at radius 2 is 1.78 bits per heavy atom. The fraction of sp³-hybridized carbons (Fsp3) is 0.667. The van der Waals surface area contributed by atoms with Crippen LogP contribution in [0.25, 0.3) is 0 Å². The van der Waals surface area contributed by atoms with Gasteiger partial charge in [0.15, 0.2) is 0 Å². The molecule has 3 saturated heterocycles. The lowest BCUT2D eigenvalue weighted by Crippen LogP contribution is -2.56.